The Morgan fingerprint density at radius 3 is 2.43 bits per heavy atom. The average molecular weight is 417 g/mol. The number of hydrogen-bond donors (Lipinski definition) is 3. The molecule has 0 aliphatic rings. The van der Waals surface area contributed by atoms with Crippen LogP contribution in [0.4, 0.5) is 5.69 Å². The second kappa shape index (κ2) is 7.87. The lowest BCUT2D eigenvalue weighted by atomic mass is 10.2. The highest BCUT2D eigenvalue weighted by Gasteiger charge is 2.19. The first-order chi connectivity index (χ1) is 13.3. The van der Waals surface area contributed by atoms with Gasteiger partial charge in [0, 0.05) is 11.9 Å². The minimum absolute atomic E-state index is 0.0194. The molecule has 0 spiro atoms. The molecule has 28 heavy (non-hydrogen) atoms. The van der Waals surface area contributed by atoms with E-state index in [1.165, 1.54) is 22.9 Å². The number of primary amides is 1. The molecular weight excluding hydrogens is 400 g/mol. The van der Waals surface area contributed by atoms with Gasteiger partial charge < -0.3 is 10.3 Å². The van der Waals surface area contributed by atoms with Gasteiger partial charge in [-0.25, -0.2) is 8.42 Å². The van der Waals surface area contributed by atoms with Crippen molar-refractivity contribution in [2.75, 3.05) is 4.72 Å². The summed E-state index contributed by atoms with van der Waals surface area (Å²) in [6, 6.07) is 16.3. The minimum Gasteiger partial charge on any atom is -0.365 e. The lowest BCUT2D eigenvalue weighted by Gasteiger charge is -2.15. The normalized spacial score (nSPS) is 11.2. The fraction of sp³-hybridized carbons (Fsp3) is 0.0526. The summed E-state index contributed by atoms with van der Waals surface area (Å²) in [5, 5.41) is 8.38. The number of nitrogens with two attached hydrogens (primary N) is 1. The predicted octanol–water partition coefficient (Wildman–Crippen LogP) is 2.57. The van der Waals surface area contributed by atoms with Crippen molar-refractivity contribution >= 4 is 33.2 Å². The Hall–Kier alpha value is -3.10. The van der Waals surface area contributed by atoms with Gasteiger partial charge in [0.25, 0.3) is 15.9 Å². The Bertz CT molecular complexity index is 1190. The van der Waals surface area contributed by atoms with Crippen LogP contribution in [0.2, 0.25) is 5.02 Å². The van der Waals surface area contributed by atoms with Gasteiger partial charge in [-0.2, -0.15) is 0 Å². The molecule has 0 aliphatic heterocycles. The summed E-state index contributed by atoms with van der Waals surface area (Å²) in [6.45, 7) is 0.0194. The molecule has 3 rings (SSSR count). The summed E-state index contributed by atoms with van der Waals surface area (Å²) in [6.07, 6.45) is 1.45. The molecule has 0 radical (unpaired) electrons. The third kappa shape index (κ3) is 4.24. The number of para-hydroxylation sites is 1. The molecule has 0 fully saturated rings. The third-order valence-corrected chi connectivity index (χ3v) is 5.69. The van der Waals surface area contributed by atoms with Crippen LogP contribution in [0.1, 0.15) is 15.9 Å². The maximum Gasteiger partial charge on any atom is 0.262 e. The van der Waals surface area contributed by atoms with Crippen LogP contribution in [0.3, 0.4) is 0 Å². The molecule has 4 N–H and O–H groups in total. The second-order valence-corrected chi connectivity index (χ2v) is 8.08. The lowest BCUT2D eigenvalue weighted by Crippen LogP contribution is -2.30. The van der Waals surface area contributed by atoms with E-state index in [2.05, 4.69) is 4.72 Å². The van der Waals surface area contributed by atoms with Crippen molar-refractivity contribution in [2.45, 2.75) is 11.4 Å². The quantitative estimate of drug-likeness (QED) is 0.573. The molecule has 0 saturated heterocycles. The van der Waals surface area contributed by atoms with Crippen molar-refractivity contribution < 1.29 is 13.2 Å². The number of benzene rings is 2. The SMILES string of the molecule is N=c1c(C(N)=O)cc(Cl)cn1Cc1ccccc1S(=O)(=O)Nc1ccccc1. The van der Waals surface area contributed by atoms with E-state index < -0.39 is 15.9 Å². The van der Waals surface area contributed by atoms with Gasteiger partial charge in [0.1, 0.15) is 5.49 Å². The molecule has 0 bridgehead atoms. The minimum atomic E-state index is -3.86. The van der Waals surface area contributed by atoms with Crippen LogP contribution in [0.5, 0.6) is 0 Å². The highest BCUT2D eigenvalue weighted by molar-refractivity contribution is 7.92. The van der Waals surface area contributed by atoms with E-state index in [9.17, 15) is 13.2 Å². The van der Waals surface area contributed by atoms with Crippen LogP contribution in [0.15, 0.2) is 71.8 Å². The highest BCUT2D eigenvalue weighted by atomic mass is 35.5. The number of carbonyl (C=O) groups excluding carboxylic acids is 1. The maximum absolute atomic E-state index is 12.9. The number of pyridine rings is 1. The Morgan fingerprint density at radius 2 is 1.75 bits per heavy atom. The molecule has 0 saturated carbocycles. The van der Waals surface area contributed by atoms with E-state index in [0.29, 0.717) is 11.3 Å². The molecule has 1 heterocycles. The van der Waals surface area contributed by atoms with E-state index >= 15 is 0 Å². The van der Waals surface area contributed by atoms with Crippen molar-refractivity contribution in [3.8, 4) is 0 Å². The van der Waals surface area contributed by atoms with Gasteiger partial charge in [-0.3, -0.25) is 14.9 Å². The number of nitrogens with zero attached hydrogens (tertiary/aromatic N) is 1. The van der Waals surface area contributed by atoms with Crippen molar-refractivity contribution in [1.29, 1.82) is 5.41 Å². The Morgan fingerprint density at radius 1 is 1.11 bits per heavy atom. The number of rotatable bonds is 6. The van der Waals surface area contributed by atoms with Gasteiger partial charge >= 0.3 is 0 Å². The van der Waals surface area contributed by atoms with E-state index in [4.69, 9.17) is 22.7 Å². The van der Waals surface area contributed by atoms with Gasteiger partial charge in [-0.15, -0.1) is 0 Å². The topological polar surface area (TPSA) is 118 Å². The van der Waals surface area contributed by atoms with Gasteiger partial charge in [0.15, 0.2) is 0 Å². The van der Waals surface area contributed by atoms with Crippen LogP contribution in [-0.2, 0) is 16.6 Å². The standard InChI is InChI=1S/C19H17ClN4O3S/c20-14-10-16(19(22)25)18(21)24(12-14)11-13-6-4-5-9-17(13)28(26,27)23-15-7-2-1-3-8-15/h1-10,12,21,23H,11H2,(H2,22,25). The van der Waals surface area contributed by atoms with Crippen molar-refractivity contribution in [1.82, 2.24) is 4.57 Å². The zero-order valence-electron chi connectivity index (χ0n) is 14.6. The zero-order valence-corrected chi connectivity index (χ0v) is 16.2. The van der Waals surface area contributed by atoms with E-state index in [1.54, 1.807) is 48.5 Å². The Labute approximate surface area is 167 Å². The molecule has 2 aromatic carbocycles. The summed E-state index contributed by atoms with van der Waals surface area (Å²) < 4.78 is 29.7. The van der Waals surface area contributed by atoms with E-state index in [0.717, 1.165) is 0 Å². The first-order valence-electron chi connectivity index (χ1n) is 8.18. The van der Waals surface area contributed by atoms with Gasteiger partial charge in [-0.1, -0.05) is 48.0 Å². The molecule has 0 aliphatic carbocycles. The fourth-order valence-corrected chi connectivity index (χ4v) is 4.24. The zero-order chi connectivity index (χ0) is 20.3. The van der Waals surface area contributed by atoms with Gasteiger partial charge in [0.2, 0.25) is 0 Å². The number of carbonyl (C=O) groups is 1. The van der Waals surface area contributed by atoms with Gasteiger partial charge in [-0.05, 0) is 29.8 Å². The number of hydrogen-bond acceptors (Lipinski definition) is 4. The number of halogens is 1. The van der Waals surface area contributed by atoms with Crippen LogP contribution in [0, 0.1) is 5.41 Å². The predicted molar refractivity (Wildman–Crippen MR) is 107 cm³/mol. The molecule has 1 aromatic heterocycles. The molecule has 0 atom stereocenters. The molecule has 0 unspecified atom stereocenters. The number of amides is 1. The first kappa shape index (κ1) is 19.7. The second-order valence-electron chi connectivity index (χ2n) is 5.99. The molecule has 9 heteroatoms. The summed E-state index contributed by atoms with van der Waals surface area (Å²) in [5.41, 5.74) is 5.96. The average Bonchev–Trinajstić information content (AvgIpc) is 2.65. The van der Waals surface area contributed by atoms with Crippen molar-refractivity contribution in [3.63, 3.8) is 0 Å². The molecule has 1 amide bonds. The smallest absolute Gasteiger partial charge is 0.262 e. The van der Waals surface area contributed by atoms with E-state index in [-0.39, 0.29) is 27.5 Å². The van der Waals surface area contributed by atoms with Crippen LogP contribution < -0.4 is 15.9 Å². The highest BCUT2D eigenvalue weighted by Crippen LogP contribution is 2.20. The van der Waals surface area contributed by atoms with Crippen molar-refractivity contribution in [2.24, 2.45) is 5.73 Å². The largest absolute Gasteiger partial charge is 0.365 e. The summed E-state index contributed by atoms with van der Waals surface area (Å²) in [7, 11) is -3.86. The number of nitrogens with one attached hydrogen (secondary N) is 2. The number of aromatic nitrogens is 1. The van der Waals surface area contributed by atoms with Crippen molar-refractivity contribution in [3.05, 3.63) is 88.5 Å². The van der Waals surface area contributed by atoms with Crippen LogP contribution in [0.25, 0.3) is 0 Å². The van der Waals surface area contributed by atoms with Crippen LogP contribution in [-0.4, -0.2) is 18.9 Å². The number of anilines is 1. The summed E-state index contributed by atoms with van der Waals surface area (Å²) in [5.74, 6) is -0.784. The maximum atomic E-state index is 12.9. The molecular formula is C19H17ClN4O3S. The Balaban J connectivity index is 2.03. The third-order valence-electron chi connectivity index (χ3n) is 4.00. The molecule has 3 aromatic rings. The first-order valence-corrected chi connectivity index (χ1v) is 10.0. The monoisotopic (exact) mass is 416 g/mol. The van der Waals surface area contributed by atoms with E-state index in [1.807, 2.05) is 0 Å². The van der Waals surface area contributed by atoms with Gasteiger partial charge in [0.05, 0.1) is 22.0 Å². The molecule has 7 nitrogen and oxygen atoms in total. The summed E-state index contributed by atoms with van der Waals surface area (Å²) in [4.78, 5) is 11.6. The lowest BCUT2D eigenvalue weighted by molar-refractivity contribution is 0.0997. The van der Waals surface area contributed by atoms with Crippen LogP contribution >= 0.6 is 11.6 Å². The Kier molecular flexibility index (Phi) is 5.53. The fourth-order valence-electron chi connectivity index (χ4n) is 2.72. The number of sulfonamides is 1. The molecule has 144 valence electrons. The summed E-state index contributed by atoms with van der Waals surface area (Å²) >= 11 is 6.03.